The van der Waals surface area contributed by atoms with Crippen LogP contribution in [0.3, 0.4) is 0 Å². The number of amides is 1. The predicted molar refractivity (Wildman–Crippen MR) is 76.9 cm³/mol. The van der Waals surface area contributed by atoms with E-state index < -0.39 is 0 Å². The molecule has 3 rings (SSSR count). The van der Waals surface area contributed by atoms with Gasteiger partial charge in [0.05, 0.1) is 4.88 Å². The molecule has 2 N–H and O–H groups in total. The van der Waals surface area contributed by atoms with Crippen molar-refractivity contribution in [1.29, 1.82) is 0 Å². The number of aromatic nitrogens is 4. The molecule has 3 heterocycles. The molecule has 8 heteroatoms. The second-order valence-electron chi connectivity index (χ2n) is 4.35. The Hall–Kier alpha value is -2.48. The molecule has 0 bridgehead atoms. The van der Waals surface area contributed by atoms with Crippen molar-refractivity contribution in [3.05, 3.63) is 41.4 Å². The summed E-state index contributed by atoms with van der Waals surface area (Å²) in [5, 5.41) is 15.1. The van der Waals surface area contributed by atoms with Gasteiger partial charge in [0.1, 0.15) is 12.2 Å². The lowest BCUT2D eigenvalue weighted by molar-refractivity contribution is 0.0944. The summed E-state index contributed by atoms with van der Waals surface area (Å²) in [6.07, 6.45) is 2.98. The molecule has 0 spiro atoms. The number of carbonyl (C=O) groups is 1. The second-order valence-corrected chi connectivity index (χ2v) is 5.29. The van der Waals surface area contributed by atoms with E-state index in [1.54, 1.807) is 6.07 Å². The van der Waals surface area contributed by atoms with Gasteiger partial charge in [-0.05, 0) is 17.9 Å². The second kappa shape index (κ2) is 6.31. The number of H-pyrrole nitrogens is 1. The summed E-state index contributed by atoms with van der Waals surface area (Å²) >= 11 is 1.54. The lowest BCUT2D eigenvalue weighted by Gasteiger charge is -2.00. The van der Waals surface area contributed by atoms with Crippen LogP contribution in [0.5, 0.6) is 0 Å². The van der Waals surface area contributed by atoms with Crippen LogP contribution < -0.4 is 5.32 Å². The maximum atomic E-state index is 11.9. The molecule has 0 unspecified atom stereocenters. The molecule has 3 aromatic rings. The van der Waals surface area contributed by atoms with Crippen molar-refractivity contribution in [3.8, 4) is 10.6 Å². The Morgan fingerprint density at radius 1 is 1.48 bits per heavy atom. The first-order valence-electron chi connectivity index (χ1n) is 6.46. The summed E-state index contributed by atoms with van der Waals surface area (Å²) in [4.78, 5) is 16.9. The van der Waals surface area contributed by atoms with Crippen LogP contribution in [0.1, 0.15) is 22.7 Å². The highest BCUT2D eigenvalue weighted by Crippen LogP contribution is 2.24. The molecule has 0 fully saturated rings. The maximum Gasteiger partial charge on any atom is 0.273 e. The van der Waals surface area contributed by atoms with E-state index in [1.165, 1.54) is 17.7 Å². The number of nitrogens with zero attached hydrogens (tertiary/aromatic N) is 3. The Bertz CT molecular complexity index is 690. The quantitative estimate of drug-likeness (QED) is 0.678. The van der Waals surface area contributed by atoms with E-state index in [2.05, 4.69) is 25.7 Å². The van der Waals surface area contributed by atoms with Crippen molar-refractivity contribution in [3.63, 3.8) is 0 Å². The molecule has 108 valence electrons. The third kappa shape index (κ3) is 3.34. The molecule has 0 aliphatic heterocycles. The summed E-state index contributed by atoms with van der Waals surface area (Å²) in [7, 11) is 0. The first kappa shape index (κ1) is 13.5. The minimum atomic E-state index is -0.237. The van der Waals surface area contributed by atoms with Gasteiger partial charge in [-0.15, -0.1) is 11.3 Å². The van der Waals surface area contributed by atoms with Gasteiger partial charge in [0.15, 0.2) is 11.5 Å². The van der Waals surface area contributed by atoms with Gasteiger partial charge in [0.2, 0.25) is 0 Å². The molecule has 0 saturated carbocycles. The van der Waals surface area contributed by atoms with E-state index in [0.29, 0.717) is 12.3 Å². The van der Waals surface area contributed by atoms with Crippen LogP contribution in [-0.4, -0.2) is 32.8 Å². The van der Waals surface area contributed by atoms with Gasteiger partial charge in [0.25, 0.3) is 5.91 Å². The van der Waals surface area contributed by atoms with Crippen LogP contribution >= 0.6 is 11.3 Å². The fourth-order valence-corrected chi connectivity index (χ4v) is 2.49. The molecule has 0 radical (unpaired) electrons. The molecule has 0 aromatic carbocycles. The Labute approximate surface area is 124 Å². The van der Waals surface area contributed by atoms with E-state index in [0.717, 1.165) is 23.5 Å². The number of aromatic amines is 1. The molecule has 0 aliphatic rings. The van der Waals surface area contributed by atoms with Gasteiger partial charge >= 0.3 is 0 Å². The Balaban J connectivity index is 1.49. The fourth-order valence-electron chi connectivity index (χ4n) is 1.82. The number of rotatable bonds is 6. The molecular weight excluding hydrogens is 290 g/mol. The number of aryl methyl sites for hydroxylation is 1. The summed E-state index contributed by atoms with van der Waals surface area (Å²) in [5.41, 5.74) is 0.290. The zero-order valence-electron chi connectivity index (χ0n) is 11.1. The Morgan fingerprint density at radius 2 is 2.43 bits per heavy atom. The summed E-state index contributed by atoms with van der Waals surface area (Å²) in [5.74, 6) is 1.18. The summed E-state index contributed by atoms with van der Waals surface area (Å²) < 4.78 is 5.17. The number of hydrogen-bond acceptors (Lipinski definition) is 6. The minimum absolute atomic E-state index is 0.237. The zero-order valence-corrected chi connectivity index (χ0v) is 11.9. The van der Waals surface area contributed by atoms with Crippen LogP contribution in [0.4, 0.5) is 0 Å². The van der Waals surface area contributed by atoms with Crippen LogP contribution in [0.25, 0.3) is 10.6 Å². The number of thiophene rings is 1. The molecule has 1 amide bonds. The SMILES string of the molecule is O=C(NCCCc1ncn[nH]1)c1cc(-c2cccs2)on1. The monoisotopic (exact) mass is 303 g/mol. The largest absolute Gasteiger partial charge is 0.355 e. The molecular formula is C13H13N5O2S. The number of hydrogen-bond donors (Lipinski definition) is 2. The Kier molecular flexibility index (Phi) is 4.06. The van der Waals surface area contributed by atoms with E-state index >= 15 is 0 Å². The first-order chi connectivity index (χ1) is 10.3. The minimum Gasteiger partial charge on any atom is -0.355 e. The normalized spacial score (nSPS) is 10.7. The first-order valence-corrected chi connectivity index (χ1v) is 7.34. The summed E-state index contributed by atoms with van der Waals surface area (Å²) in [6.45, 7) is 0.542. The molecule has 3 aromatic heterocycles. The molecule has 7 nitrogen and oxygen atoms in total. The smallest absolute Gasteiger partial charge is 0.273 e. The predicted octanol–water partition coefficient (Wildman–Crippen LogP) is 1.88. The molecule has 21 heavy (non-hydrogen) atoms. The van der Waals surface area contributed by atoms with Crippen molar-refractivity contribution in [2.75, 3.05) is 6.54 Å². The van der Waals surface area contributed by atoms with Crippen molar-refractivity contribution in [2.24, 2.45) is 0 Å². The van der Waals surface area contributed by atoms with E-state index in [4.69, 9.17) is 4.52 Å². The number of nitrogens with one attached hydrogen (secondary N) is 2. The van der Waals surface area contributed by atoms with E-state index in [9.17, 15) is 4.79 Å². The highest BCUT2D eigenvalue weighted by molar-refractivity contribution is 7.13. The lowest BCUT2D eigenvalue weighted by atomic mass is 10.3. The third-order valence-electron chi connectivity index (χ3n) is 2.85. The Morgan fingerprint density at radius 3 is 3.19 bits per heavy atom. The van der Waals surface area contributed by atoms with Crippen molar-refractivity contribution in [1.82, 2.24) is 25.7 Å². The highest BCUT2D eigenvalue weighted by atomic mass is 32.1. The van der Waals surface area contributed by atoms with Crippen LogP contribution in [-0.2, 0) is 6.42 Å². The molecule has 0 atom stereocenters. The lowest BCUT2D eigenvalue weighted by Crippen LogP contribution is -2.25. The molecule has 0 aliphatic carbocycles. The van der Waals surface area contributed by atoms with Gasteiger partial charge in [0, 0.05) is 19.0 Å². The number of carbonyl (C=O) groups excluding carboxylic acids is 1. The fraction of sp³-hybridized carbons (Fsp3) is 0.231. The molecule has 0 saturated heterocycles. The van der Waals surface area contributed by atoms with Crippen molar-refractivity contribution >= 4 is 17.2 Å². The highest BCUT2D eigenvalue weighted by Gasteiger charge is 2.13. The van der Waals surface area contributed by atoms with Gasteiger partial charge in [-0.2, -0.15) is 5.10 Å². The topological polar surface area (TPSA) is 96.7 Å². The van der Waals surface area contributed by atoms with E-state index in [1.807, 2.05) is 17.5 Å². The average molecular weight is 303 g/mol. The van der Waals surface area contributed by atoms with Gasteiger partial charge in [-0.25, -0.2) is 4.98 Å². The maximum absolute atomic E-state index is 11.9. The average Bonchev–Trinajstić information content (AvgIpc) is 3.25. The van der Waals surface area contributed by atoms with E-state index in [-0.39, 0.29) is 11.6 Å². The van der Waals surface area contributed by atoms with Gasteiger partial charge in [-0.1, -0.05) is 11.2 Å². The third-order valence-corrected chi connectivity index (χ3v) is 3.73. The van der Waals surface area contributed by atoms with Crippen LogP contribution in [0.15, 0.2) is 34.4 Å². The van der Waals surface area contributed by atoms with Crippen LogP contribution in [0.2, 0.25) is 0 Å². The zero-order chi connectivity index (χ0) is 14.5. The van der Waals surface area contributed by atoms with Gasteiger partial charge in [-0.3, -0.25) is 9.89 Å². The van der Waals surface area contributed by atoms with Crippen molar-refractivity contribution < 1.29 is 9.32 Å². The standard InChI is InChI=1S/C13H13N5O2S/c19-13(14-5-1-4-12-15-8-16-17-12)9-7-10(20-18-9)11-3-2-6-21-11/h2-3,6-8H,1,4-5H2,(H,14,19)(H,15,16,17). The summed E-state index contributed by atoms with van der Waals surface area (Å²) in [6, 6.07) is 5.49. The van der Waals surface area contributed by atoms with Crippen molar-refractivity contribution in [2.45, 2.75) is 12.8 Å². The van der Waals surface area contributed by atoms with Gasteiger partial charge < -0.3 is 9.84 Å². The van der Waals surface area contributed by atoms with Crippen LogP contribution in [0, 0.1) is 0 Å².